The Kier molecular flexibility index (Phi) is 10.7. The number of allylic oxidation sites excluding steroid dienone is 1. The molecule has 2 unspecified atom stereocenters. The van der Waals surface area contributed by atoms with E-state index < -0.39 is 47.3 Å². The molecule has 0 amide bonds. The van der Waals surface area contributed by atoms with Crippen molar-refractivity contribution in [3.8, 4) is 0 Å². The Morgan fingerprint density at radius 1 is 0.860 bits per heavy atom. The van der Waals surface area contributed by atoms with Crippen LogP contribution in [0.5, 0.6) is 0 Å². The lowest BCUT2D eigenvalue weighted by Crippen LogP contribution is -2.60. The first kappa shape index (κ1) is 30.6. The number of carbonyl (C=O) groups excluding carboxylic acids is 1. The number of hydrogen-bond acceptors (Lipinski definition) is 8. The summed E-state index contributed by atoms with van der Waals surface area (Å²) in [5.74, 6) is -1.59. The maximum absolute atomic E-state index is 12.8. The predicted octanol–water partition coefficient (Wildman–Crippen LogP) is 5.30. The average molecular weight is 588 g/mol. The first-order valence-corrected chi connectivity index (χ1v) is 14.6. The number of nitrogens with zero attached hydrogens (tertiary/aromatic N) is 1. The molecule has 9 nitrogen and oxygen atoms in total. The van der Waals surface area contributed by atoms with Crippen molar-refractivity contribution in [2.75, 3.05) is 13.2 Å². The van der Waals surface area contributed by atoms with E-state index >= 15 is 0 Å². The highest BCUT2D eigenvalue weighted by molar-refractivity contribution is 5.74. The fourth-order valence-electron chi connectivity index (χ4n) is 5.67. The molecule has 9 heteroatoms. The van der Waals surface area contributed by atoms with Crippen molar-refractivity contribution in [1.29, 1.82) is 0 Å². The highest BCUT2D eigenvalue weighted by atomic mass is 16.6. The number of benzene rings is 3. The first-order chi connectivity index (χ1) is 21.0. The Hall–Kier alpha value is -3.89. The summed E-state index contributed by atoms with van der Waals surface area (Å²) in [5, 5.41) is 12.5. The molecule has 0 radical (unpaired) electrons. The van der Waals surface area contributed by atoms with Gasteiger partial charge in [-0.15, -0.1) is 0 Å². The third-order valence-corrected chi connectivity index (χ3v) is 7.76. The minimum atomic E-state index is -1.34. The molecule has 0 N–H and O–H groups in total. The van der Waals surface area contributed by atoms with Crippen LogP contribution in [0.25, 0.3) is 0 Å². The van der Waals surface area contributed by atoms with Crippen LogP contribution in [-0.2, 0) is 48.3 Å². The zero-order valence-electron chi connectivity index (χ0n) is 24.2. The van der Waals surface area contributed by atoms with E-state index in [1.807, 2.05) is 97.1 Å². The molecule has 1 aliphatic carbocycles. The van der Waals surface area contributed by atoms with Crippen LogP contribution < -0.4 is 0 Å². The SMILES string of the molecule is CCOC(=O)C1CC=C2[C@@H](O[C@H](COCc3ccccc3)[C@H](OCc3ccccc3)[C@@H]2OCc2ccccc2)C1[N+](=O)[O-]. The normalized spacial score (nSPS) is 24.9. The van der Waals surface area contributed by atoms with E-state index in [1.54, 1.807) is 6.92 Å². The van der Waals surface area contributed by atoms with Gasteiger partial charge in [0.1, 0.15) is 30.3 Å². The summed E-state index contributed by atoms with van der Waals surface area (Å²) < 4.78 is 30.9. The van der Waals surface area contributed by atoms with Crippen LogP contribution in [0.4, 0.5) is 0 Å². The molecule has 5 rings (SSSR count). The number of nitro groups is 1. The van der Waals surface area contributed by atoms with Gasteiger partial charge < -0.3 is 23.7 Å². The van der Waals surface area contributed by atoms with Gasteiger partial charge in [0.05, 0.1) is 33.0 Å². The lowest BCUT2D eigenvalue weighted by atomic mass is 9.77. The topological polar surface area (TPSA) is 106 Å². The quantitative estimate of drug-likeness (QED) is 0.115. The van der Waals surface area contributed by atoms with Crippen molar-refractivity contribution in [3.05, 3.63) is 129 Å². The molecule has 0 saturated carbocycles. The number of rotatable bonds is 13. The van der Waals surface area contributed by atoms with Gasteiger partial charge in [0, 0.05) is 4.92 Å². The molecule has 6 atom stereocenters. The number of esters is 1. The summed E-state index contributed by atoms with van der Waals surface area (Å²) >= 11 is 0. The Morgan fingerprint density at radius 3 is 1.98 bits per heavy atom. The van der Waals surface area contributed by atoms with Crippen LogP contribution >= 0.6 is 0 Å². The van der Waals surface area contributed by atoms with Gasteiger partial charge in [0.15, 0.2) is 0 Å². The minimum Gasteiger partial charge on any atom is -0.466 e. The van der Waals surface area contributed by atoms with E-state index in [0.717, 1.165) is 16.7 Å². The molecule has 1 fully saturated rings. The zero-order chi connectivity index (χ0) is 30.0. The number of hydrogen-bond donors (Lipinski definition) is 0. The van der Waals surface area contributed by atoms with Crippen LogP contribution in [-0.4, -0.2) is 54.6 Å². The van der Waals surface area contributed by atoms with Crippen LogP contribution in [0.15, 0.2) is 103 Å². The lowest BCUT2D eigenvalue weighted by molar-refractivity contribution is -0.544. The second kappa shape index (κ2) is 15.0. The van der Waals surface area contributed by atoms with Gasteiger partial charge in [-0.2, -0.15) is 0 Å². The van der Waals surface area contributed by atoms with Crippen molar-refractivity contribution in [3.63, 3.8) is 0 Å². The molecule has 3 aromatic carbocycles. The molecule has 1 saturated heterocycles. The van der Waals surface area contributed by atoms with Crippen LogP contribution in [0, 0.1) is 16.0 Å². The van der Waals surface area contributed by atoms with Crippen molar-refractivity contribution in [2.45, 2.75) is 63.6 Å². The van der Waals surface area contributed by atoms with Crippen molar-refractivity contribution >= 4 is 5.97 Å². The molecule has 1 aliphatic heterocycles. The van der Waals surface area contributed by atoms with E-state index in [9.17, 15) is 14.9 Å². The molecule has 2 aliphatic rings. The molecule has 0 bridgehead atoms. The molecular weight excluding hydrogens is 550 g/mol. The molecule has 0 aromatic heterocycles. The summed E-state index contributed by atoms with van der Waals surface area (Å²) in [6.45, 7) is 2.82. The molecular formula is C34H37NO8. The summed E-state index contributed by atoms with van der Waals surface area (Å²) in [5.41, 5.74) is 3.52. The summed E-state index contributed by atoms with van der Waals surface area (Å²) in [7, 11) is 0. The molecule has 3 aromatic rings. The number of ether oxygens (including phenoxy) is 5. The van der Waals surface area contributed by atoms with Gasteiger partial charge in [0.2, 0.25) is 0 Å². The standard InChI is InChI=1S/C34H37NO8/c1-2-40-34(36)27-18-19-28-31(30(27)35(37)38)43-29(23-39-20-24-12-6-3-7-13-24)33(42-22-26-16-10-5-11-17-26)32(28)41-21-25-14-8-4-9-15-25/h3-17,19,27,29-33H,2,18,20-23H2,1H3/t27?,29-,30?,31-,32-,33+/m1/s1. The van der Waals surface area contributed by atoms with Crippen molar-refractivity contribution in [2.24, 2.45) is 5.92 Å². The maximum Gasteiger partial charge on any atom is 0.316 e. The second-order valence-electron chi connectivity index (χ2n) is 10.6. The number of carbonyl (C=O) groups is 1. The Bertz CT molecular complexity index is 1350. The highest BCUT2D eigenvalue weighted by Crippen LogP contribution is 2.40. The minimum absolute atomic E-state index is 0.109. The smallest absolute Gasteiger partial charge is 0.316 e. The Labute approximate surface area is 251 Å². The third kappa shape index (κ3) is 7.74. The largest absolute Gasteiger partial charge is 0.466 e. The van der Waals surface area contributed by atoms with E-state index in [0.29, 0.717) is 12.2 Å². The third-order valence-electron chi connectivity index (χ3n) is 7.76. The summed E-state index contributed by atoms with van der Waals surface area (Å²) in [4.78, 5) is 24.9. The average Bonchev–Trinajstić information content (AvgIpc) is 3.03. The van der Waals surface area contributed by atoms with Crippen molar-refractivity contribution in [1.82, 2.24) is 0 Å². The zero-order valence-corrected chi connectivity index (χ0v) is 24.2. The van der Waals surface area contributed by atoms with E-state index in [4.69, 9.17) is 23.7 Å². The van der Waals surface area contributed by atoms with Gasteiger partial charge in [-0.3, -0.25) is 14.9 Å². The summed E-state index contributed by atoms with van der Waals surface area (Å²) in [6.07, 6.45) is -1.04. The summed E-state index contributed by atoms with van der Waals surface area (Å²) in [6, 6.07) is 27.9. The lowest BCUT2D eigenvalue weighted by Gasteiger charge is -2.46. The van der Waals surface area contributed by atoms with E-state index in [-0.39, 0.29) is 32.8 Å². The van der Waals surface area contributed by atoms with Gasteiger partial charge in [-0.1, -0.05) is 97.1 Å². The maximum atomic E-state index is 12.8. The van der Waals surface area contributed by atoms with Gasteiger partial charge >= 0.3 is 5.97 Å². The predicted molar refractivity (Wildman–Crippen MR) is 158 cm³/mol. The Balaban J connectivity index is 1.47. The van der Waals surface area contributed by atoms with E-state index in [1.165, 1.54) is 0 Å². The first-order valence-electron chi connectivity index (χ1n) is 14.6. The molecule has 226 valence electrons. The van der Waals surface area contributed by atoms with Crippen LogP contribution in [0.1, 0.15) is 30.0 Å². The Morgan fingerprint density at radius 2 is 1.42 bits per heavy atom. The highest BCUT2D eigenvalue weighted by Gasteiger charge is 2.56. The molecule has 43 heavy (non-hydrogen) atoms. The fraction of sp³-hybridized carbons (Fsp3) is 0.382. The van der Waals surface area contributed by atoms with Gasteiger partial charge in [0.25, 0.3) is 6.04 Å². The number of fused-ring (bicyclic) bond motifs is 1. The van der Waals surface area contributed by atoms with Gasteiger partial charge in [-0.25, -0.2) is 0 Å². The van der Waals surface area contributed by atoms with Gasteiger partial charge in [-0.05, 0) is 35.6 Å². The monoisotopic (exact) mass is 587 g/mol. The van der Waals surface area contributed by atoms with Crippen molar-refractivity contribution < 1.29 is 33.4 Å². The van der Waals surface area contributed by atoms with Crippen LogP contribution in [0.2, 0.25) is 0 Å². The van der Waals surface area contributed by atoms with E-state index in [2.05, 4.69) is 0 Å². The second-order valence-corrected chi connectivity index (χ2v) is 10.6. The van der Waals surface area contributed by atoms with Crippen LogP contribution in [0.3, 0.4) is 0 Å². The molecule has 1 heterocycles. The fourth-order valence-corrected chi connectivity index (χ4v) is 5.67. The molecule has 0 spiro atoms.